The van der Waals surface area contributed by atoms with Gasteiger partial charge in [0.2, 0.25) is 10.0 Å². The second-order valence-electron chi connectivity index (χ2n) is 6.08. The number of nitrogens with zero attached hydrogens (tertiary/aromatic N) is 2. The number of nitrogens with two attached hydrogens (primary N) is 1. The third-order valence-electron chi connectivity index (χ3n) is 4.14. The van der Waals surface area contributed by atoms with Crippen LogP contribution in [0.1, 0.15) is 18.9 Å². The Hall–Kier alpha value is -0.950. The Bertz CT molecular complexity index is 584. The molecule has 118 valence electrons. The Kier molecular flexibility index (Phi) is 5.03. The molecule has 0 spiro atoms. The van der Waals surface area contributed by atoms with Crippen molar-refractivity contribution in [3.8, 4) is 0 Å². The van der Waals surface area contributed by atoms with Gasteiger partial charge in [-0.05, 0) is 43.5 Å². The maximum Gasteiger partial charge on any atom is 0.242 e. The Morgan fingerprint density at radius 3 is 2.71 bits per heavy atom. The van der Waals surface area contributed by atoms with Crippen LogP contribution in [0.15, 0.2) is 29.2 Å². The van der Waals surface area contributed by atoms with Gasteiger partial charge in [0.15, 0.2) is 0 Å². The predicted octanol–water partition coefficient (Wildman–Crippen LogP) is 1.11. The fraction of sp³-hybridized carbons (Fsp3) is 0.600. The molecule has 0 aromatic heterocycles. The van der Waals surface area contributed by atoms with Crippen molar-refractivity contribution in [2.45, 2.75) is 30.8 Å². The van der Waals surface area contributed by atoms with E-state index in [2.05, 4.69) is 11.8 Å². The van der Waals surface area contributed by atoms with Crippen molar-refractivity contribution in [1.29, 1.82) is 0 Å². The van der Waals surface area contributed by atoms with Gasteiger partial charge in [0, 0.05) is 33.2 Å². The van der Waals surface area contributed by atoms with E-state index in [-0.39, 0.29) is 6.04 Å². The molecule has 1 aromatic carbocycles. The highest BCUT2D eigenvalue weighted by atomic mass is 32.2. The summed E-state index contributed by atoms with van der Waals surface area (Å²) in [6.07, 6.45) is 1.12. The monoisotopic (exact) mass is 311 g/mol. The van der Waals surface area contributed by atoms with E-state index in [1.54, 1.807) is 26.2 Å². The van der Waals surface area contributed by atoms with Gasteiger partial charge in [0.25, 0.3) is 0 Å². The van der Waals surface area contributed by atoms with Gasteiger partial charge in [0.1, 0.15) is 0 Å². The lowest BCUT2D eigenvalue weighted by Gasteiger charge is -2.18. The average Bonchev–Trinajstić information content (AvgIpc) is 2.87. The SMILES string of the molecule is CC(N)C1CCN(Cc2cccc(S(=O)(=O)N(C)C)c2)C1. The number of sulfonamides is 1. The minimum Gasteiger partial charge on any atom is -0.328 e. The Balaban J connectivity index is 2.09. The van der Waals surface area contributed by atoms with Crippen molar-refractivity contribution in [2.24, 2.45) is 11.7 Å². The summed E-state index contributed by atoms with van der Waals surface area (Å²) < 4.78 is 25.6. The topological polar surface area (TPSA) is 66.6 Å². The van der Waals surface area contributed by atoms with Crippen molar-refractivity contribution >= 4 is 10.0 Å². The van der Waals surface area contributed by atoms with Gasteiger partial charge in [-0.25, -0.2) is 12.7 Å². The third-order valence-corrected chi connectivity index (χ3v) is 5.95. The molecule has 1 saturated heterocycles. The summed E-state index contributed by atoms with van der Waals surface area (Å²) in [5.41, 5.74) is 6.99. The minimum atomic E-state index is -3.36. The summed E-state index contributed by atoms with van der Waals surface area (Å²) >= 11 is 0. The molecular weight excluding hydrogens is 286 g/mol. The number of likely N-dealkylation sites (tertiary alicyclic amines) is 1. The molecule has 1 heterocycles. The van der Waals surface area contributed by atoms with Crippen LogP contribution < -0.4 is 5.73 Å². The molecule has 5 nitrogen and oxygen atoms in total. The predicted molar refractivity (Wildman–Crippen MR) is 84.3 cm³/mol. The Morgan fingerprint density at radius 1 is 1.43 bits per heavy atom. The molecule has 1 fully saturated rings. The van der Waals surface area contributed by atoms with E-state index in [4.69, 9.17) is 5.73 Å². The normalized spacial score (nSPS) is 21.9. The molecule has 0 saturated carbocycles. The molecule has 1 aromatic rings. The van der Waals surface area contributed by atoms with Crippen LogP contribution in [0.5, 0.6) is 0 Å². The first-order valence-electron chi connectivity index (χ1n) is 7.30. The fourth-order valence-corrected chi connectivity index (χ4v) is 3.68. The van der Waals surface area contributed by atoms with E-state index in [0.29, 0.717) is 10.8 Å². The molecule has 1 aliphatic rings. The lowest BCUT2D eigenvalue weighted by Crippen LogP contribution is -2.29. The lowest BCUT2D eigenvalue weighted by molar-refractivity contribution is 0.308. The summed E-state index contributed by atoms with van der Waals surface area (Å²) in [5, 5.41) is 0. The number of hydrogen-bond acceptors (Lipinski definition) is 4. The van der Waals surface area contributed by atoms with Gasteiger partial charge >= 0.3 is 0 Å². The van der Waals surface area contributed by atoms with Crippen molar-refractivity contribution < 1.29 is 8.42 Å². The van der Waals surface area contributed by atoms with E-state index >= 15 is 0 Å². The Labute approximate surface area is 127 Å². The number of rotatable bonds is 5. The maximum absolute atomic E-state index is 12.2. The molecule has 0 bridgehead atoms. The second kappa shape index (κ2) is 6.44. The van der Waals surface area contributed by atoms with Crippen molar-refractivity contribution in [3.63, 3.8) is 0 Å². The molecule has 21 heavy (non-hydrogen) atoms. The van der Waals surface area contributed by atoms with Crippen LogP contribution in [0.3, 0.4) is 0 Å². The molecular formula is C15H25N3O2S. The van der Waals surface area contributed by atoms with Gasteiger partial charge in [0.05, 0.1) is 4.90 Å². The number of hydrogen-bond donors (Lipinski definition) is 1. The third kappa shape index (κ3) is 3.83. The van der Waals surface area contributed by atoms with Gasteiger partial charge < -0.3 is 5.73 Å². The summed E-state index contributed by atoms with van der Waals surface area (Å²) in [6, 6.07) is 7.43. The summed E-state index contributed by atoms with van der Waals surface area (Å²) in [7, 11) is -0.260. The lowest BCUT2D eigenvalue weighted by atomic mass is 10.0. The molecule has 0 radical (unpaired) electrons. The van der Waals surface area contributed by atoms with E-state index in [9.17, 15) is 8.42 Å². The molecule has 0 amide bonds. The van der Waals surface area contributed by atoms with Crippen LogP contribution in [0, 0.1) is 5.92 Å². The molecule has 2 N–H and O–H groups in total. The summed E-state index contributed by atoms with van der Waals surface area (Å²) in [6.45, 7) is 4.84. The summed E-state index contributed by atoms with van der Waals surface area (Å²) in [5.74, 6) is 0.540. The van der Waals surface area contributed by atoms with Crippen LogP contribution >= 0.6 is 0 Å². The zero-order valence-corrected chi connectivity index (χ0v) is 13.8. The zero-order chi connectivity index (χ0) is 15.6. The van der Waals surface area contributed by atoms with E-state index < -0.39 is 10.0 Å². The van der Waals surface area contributed by atoms with Crippen LogP contribution in [0.2, 0.25) is 0 Å². The molecule has 2 rings (SSSR count). The zero-order valence-electron chi connectivity index (χ0n) is 13.0. The summed E-state index contributed by atoms with van der Waals surface area (Å²) in [4.78, 5) is 2.70. The van der Waals surface area contributed by atoms with Crippen LogP contribution in [-0.4, -0.2) is 50.8 Å². The minimum absolute atomic E-state index is 0.218. The van der Waals surface area contributed by atoms with E-state index in [1.807, 2.05) is 12.1 Å². The molecule has 6 heteroatoms. The van der Waals surface area contributed by atoms with Gasteiger partial charge in [-0.3, -0.25) is 4.90 Å². The van der Waals surface area contributed by atoms with Gasteiger partial charge in [-0.2, -0.15) is 0 Å². The molecule has 2 atom stereocenters. The molecule has 1 aliphatic heterocycles. The second-order valence-corrected chi connectivity index (χ2v) is 8.23. The fourth-order valence-electron chi connectivity index (χ4n) is 2.71. The molecule has 0 aliphatic carbocycles. The average molecular weight is 311 g/mol. The van der Waals surface area contributed by atoms with Crippen LogP contribution in [0.25, 0.3) is 0 Å². The van der Waals surface area contributed by atoms with Crippen LogP contribution in [0.4, 0.5) is 0 Å². The maximum atomic E-state index is 12.2. The van der Waals surface area contributed by atoms with Crippen molar-refractivity contribution in [3.05, 3.63) is 29.8 Å². The largest absolute Gasteiger partial charge is 0.328 e. The first-order chi connectivity index (χ1) is 9.80. The highest BCUT2D eigenvalue weighted by Crippen LogP contribution is 2.22. The smallest absolute Gasteiger partial charge is 0.242 e. The molecule has 2 unspecified atom stereocenters. The van der Waals surface area contributed by atoms with Crippen molar-refractivity contribution in [2.75, 3.05) is 27.2 Å². The van der Waals surface area contributed by atoms with Crippen molar-refractivity contribution in [1.82, 2.24) is 9.21 Å². The standard InChI is InChI=1S/C15H25N3O2S/c1-12(16)14-7-8-18(11-14)10-13-5-4-6-15(9-13)21(19,20)17(2)3/h4-6,9,12,14H,7-8,10-11,16H2,1-3H3. The first kappa shape index (κ1) is 16.4. The Morgan fingerprint density at radius 2 is 2.14 bits per heavy atom. The first-order valence-corrected chi connectivity index (χ1v) is 8.74. The van der Waals surface area contributed by atoms with E-state index in [0.717, 1.165) is 31.6 Å². The van der Waals surface area contributed by atoms with Crippen LogP contribution in [-0.2, 0) is 16.6 Å². The highest BCUT2D eigenvalue weighted by Gasteiger charge is 2.25. The quantitative estimate of drug-likeness (QED) is 0.884. The highest BCUT2D eigenvalue weighted by molar-refractivity contribution is 7.89. The van der Waals surface area contributed by atoms with Gasteiger partial charge in [-0.1, -0.05) is 12.1 Å². The number of benzene rings is 1. The van der Waals surface area contributed by atoms with Gasteiger partial charge in [-0.15, -0.1) is 0 Å². The van der Waals surface area contributed by atoms with E-state index in [1.165, 1.54) is 4.31 Å².